The summed E-state index contributed by atoms with van der Waals surface area (Å²) in [5.41, 5.74) is -0.763. The fourth-order valence-electron chi connectivity index (χ4n) is 2.20. The zero-order valence-corrected chi connectivity index (χ0v) is 10.2. The van der Waals surface area contributed by atoms with Gasteiger partial charge in [-0.25, -0.2) is 13.8 Å². The van der Waals surface area contributed by atoms with Crippen molar-refractivity contribution in [3.63, 3.8) is 0 Å². The van der Waals surface area contributed by atoms with Crippen LogP contribution in [-0.2, 0) is 11.3 Å². The molecule has 0 unspecified atom stereocenters. The van der Waals surface area contributed by atoms with Gasteiger partial charge in [-0.3, -0.25) is 9.59 Å². The summed E-state index contributed by atoms with van der Waals surface area (Å²) in [4.78, 5) is 28.4. The van der Waals surface area contributed by atoms with E-state index in [9.17, 15) is 18.4 Å². The van der Waals surface area contributed by atoms with Crippen molar-refractivity contribution in [3.05, 3.63) is 48.1 Å². The number of halogens is 2. The van der Waals surface area contributed by atoms with E-state index in [4.69, 9.17) is 0 Å². The van der Waals surface area contributed by atoms with E-state index in [1.54, 1.807) is 17.0 Å². The summed E-state index contributed by atoms with van der Waals surface area (Å²) in [6.45, 7) is 0.392. The number of nitrogens with zero attached hydrogens (tertiary/aromatic N) is 3. The van der Waals surface area contributed by atoms with E-state index in [0.717, 1.165) is 17.0 Å². The number of carbonyl (C=O) groups excluding carboxylic acids is 2. The monoisotopic (exact) mass is 277 g/mol. The summed E-state index contributed by atoms with van der Waals surface area (Å²) in [5.74, 6) is -3.59. The molecule has 1 aliphatic rings. The first-order chi connectivity index (χ1) is 9.59. The van der Waals surface area contributed by atoms with Crippen LogP contribution in [0.3, 0.4) is 0 Å². The Bertz CT molecular complexity index is 698. The highest BCUT2D eigenvalue weighted by Crippen LogP contribution is 2.33. The van der Waals surface area contributed by atoms with Crippen molar-refractivity contribution < 1.29 is 18.4 Å². The Morgan fingerprint density at radius 1 is 1.10 bits per heavy atom. The summed E-state index contributed by atoms with van der Waals surface area (Å²) in [5, 5.41) is 0. The molecule has 1 aromatic heterocycles. The lowest BCUT2D eigenvalue weighted by Crippen LogP contribution is -2.33. The normalized spacial score (nSPS) is 14.0. The van der Waals surface area contributed by atoms with E-state index in [1.165, 1.54) is 6.33 Å². The van der Waals surface area contributed by atoms with Crippen molar-refractivity contribution in [2.24, 2.45) is 0 Å². The molecule has 0 saturated heterocycles. The number of benzene rings is 1. The SMILES string of the molecule is O=C1C(=O)N(CCn2ccnc2)c2c(F)ccc(F)c21. The highest BCUT2D eigenvalue weighted by Gasteiger charge is 2.40. The number of ketones is 1. The molecule has 102 valence electrons. The second kappa shape index (κ2) is 4.52. The summed E-state index contributed by atoms with van der Waals surface area (Å²) < 4.78 is 29.1. The smallest absolute Gasteiger partial charge is 0.299 e. The molecule has 0 atom stereocenters. The van der Waals surface area contributed by atoms with E-state index in [0.29, 0.717) is 6.54 Å². The van der Waals surface area contributed by atoms with E-state index in [1.807, 2.05) is 0 Å². The van der Waals surface area contributed by atoms with Crippen LogP contribution < -0.4 is 4.90 Å². The van der Waals surface area contributed by atoms with Crippen LogP contribution in [0.15, 0.2) is 30.9 Å². The molecule has 0 saturated carbocycles. The number of anilines is 1. The lowest BCUT2D eigenvalue weighted by Gasteiger charge is -2.17. The van der Waals surface area contributed by atoms with Gasteiger partial charge in [0.05, 0.1) is 17.6 Å². The summed E-state index contributed by atoms with van der Waals surface area (Å²) in [6.07, 6.45) is 4.77. The number of amides is 1. The number of hydrogen-bond acceptors (Lipinski definition) is 3. The van der Waals surface area contributed by atoms with Gasteiger partial charge >= 0.3 is 0 Å². The number of hydrogen-bond donors (Lipinski definition) is 0. The van der Waals surface area contributed by atoms with Crippen molar-refractivity contribution in [1.29, 1.82) is 0 Å². The topological polar surface area (TPSA) is 55.2 Å². The van der Waals surface area contributed by atoms with Gasteiger partial charge < -0.3 is 9.47 Å². The standard InChI is InChI=1S/C13H9F2N3O2/c14-8-1-2-9(15)11-10(8)12(19)13(20)18(11)6-5-17-4-3-16-7-17/h1-4,7H,5-6H2. The molecule has 5 nitrogen and oxygen atoms in total. The molecule has 0 fully saturated rings. The zero-order valence-electron chi connectivity index (χ0n) is 10.2. The first kappa shape index (κ1) is 12.5. The third-order valence-electron chi connectivity index (χ3n) is 3.16. The van der Waals surface area contributed by atoms with Crippen LogP contribution in [0.1, 0.15) is 10.4 Å². The number of fused-ring (bicyclic) bond motifs is 1. The lowest BCUT2D eigenvalue weighted by molar-refractivity contribution is -0.114. The molecular weight excluding hydrogens is 268 g/mol. The van der Waals surface area contributed by atoms with Crippen molar-refractivity contribution in [2.75, 3.05) is 11.4 Å². The Labute approximate surface area is 112 Å². The van der Waals surface area contributed by atoms with Gasteiger partial charge in [-0.05, 0) is 12.1 Å². The number of rotatable bonds is 3. The minimum atomic E-state index is -1.01. The Kier molecular flexibility index (Phi) is 2.81. The first-order valence-corrected chi connectivity index (χ1v) is 5.89. The minimum Gasteiger partial charge on any atom is -0.336 e. The van der Waals surface area contributed by atoms with Crippen LogP contribution in [0.2, 0.25) is 0 Å². The molecule has 0 bridgehead atoms. The molecule has 20 heavy (non-hydrogen) atoms. The van der Waals surface area contributed by atoms with Crippen molar-refractivity contribution in [2.45, 2.75) is 6.54 Å². The number of Topliss-reactive ketones (excluding diaryl/α,β-unsaturated/α-hetero) is 1. The van der Waals surface area contributed by atoms with Gasteiger partial charge in [0.15, 0.2) is 0 Å². The molecule has 0 aliphatic carbocycles. The first-order valence-electron chi connectivity index (χ1n) is 5.89. The Morgan fingerprint density at radius 3 is 2.55 bits per heavy atom. The molecule has 3 rings (SSSR count). The summed E-state index contributed by atoms with van der Waals surface area (Å²) >= 11 is 0. The van der Waals surface area contributed by atoms with Gasteiger partial charge in [-0.1, -0.05) is 0 Å². The number of imidazole rings is 1. The predicted octanol–water partition coefficient (Wildman–Crippen LogP) is 1.39. The van der Waals surface area contributed by atoms with Gasteiger partial charge in [0.1, 0.15) is 11.6 Å². The van der Waals surface area contributed by atoms with Gasteiger partial charge in [0.2, 0.25) is 0 Å². The van der Waals surface area contributed by atoms with E-state index in [-0.39, 0.29) is 12.2 Å². The maximum atomic E-state index is 13.8. The molecule has 2 heterocycles. The van der Waals surface area contributed by atoms with Crippen LogP contribution in [0, 0.1) is 11.6 Å². The summed E-state index contributed by atoms with van der Waals surface area (Å²) in [7, 11) is 0. The van der Waals surface area contributed by atoms with Crippen LogP contribution in [0.5, 0.6) is 0 Å². The highest BCUT2D eigenvalue weighted by molar-refractivity contribution is 6.52. The molecule has 0 spiro atoms. The molecule has 1 aliphatic heterocycles. The van der Waals surface area contributed by atoms with E-state index in [2.05, 4.69) is 4.98 Å². The fourth-order valence-corrected chi connectivity index (χ4v) is 2.20. The molecule has 0 radical (unpaired) electrons. The highest BCUT2D eigenvalue weighted by atomic mass is 19.1. The van der Waals surface area contributed by atoms with Crippen molar-refractivity contribution in [1.82, 2.24) is 9.55 Å². The number of carbonyl (C=O) groups is 2. The third-order valence-corrected chi connectivity index (χ3v) is 3.16. The predicted molar refractivity (Wildman–Crippen MR) is 65.3 cm³/mol. The maximum absolute atomic E-state index is 13.8. The van der Waals surface area contributed by atoms with Gasteiger partial charge in [0, 0.05) is 25.5 Å². The third kappa shape index (κ3) is 1.78. The second-order valence-electron chi connectivity index (χ2n) is 4.34. The van der Waals surface area contributed by atoms with Gasteiger partial charge in [-0.2, -0.15) is 0 Å². The average molecular weight is 277 g/mol. The quantitative estimate of drug-likeness (QED) is 0.797. The molecule has 2 aromatic rings. The van der Waals surface area contributed by atoms with Gasteiger partial charge in [-0.15, -0.1) is 0 Å². The summed E-state index contributed by atoms with van der Waals surface area (Å²) in [6, 6.07) is 1.75. The van der Waals surface area contributed by atoms with Crippen LogP contribution in [0.4, 0.5) is 14.5 Å². The minimum absolute atomic E-state index is 0.0638. The second-order valence-corrected chi connectivity index (χ2v) is 4.34. The van der Waals surface area contributed by atoms with Crippen molar-refractivity contribution >= 4 is 17.4 Å². The Hall–Kier alpha value is -2.57. The molecular formula is C13H9F2N3O2. The molecule has 0 N–H and O–H groups in total. The van der Waals surface area contributed by atoms with Crippen LogP contribution >= 0.6 is 0 Å². The Balaban J connectivity index is 1.96. The van der Waals surface area contributed by atoms with Crippen molar-refractivity contribution in [3.8, 4) is 0 Å². The molecule has 7 heteroatoms. The molecule has 1 amide bonds. The zero-order chi connectivity index (χ0) is 14.3. The van der Waals surface area contributed by atoms with Gasteiger partial charge in [0.25, 0.3) is 11.7 Å². The Morgan fingerprint density at radius 2 is 1.85 bits per heavy atom. The fraction of sp³-hybridized carbons (Fsp3) is 0.154. The lowest BCUT2D eigenvalue weighted by atomic mass is 10.1. The van der Waals surface area contributed by atoms with E-state index < -0.39 is 28.9 Å². The van der Waals surface area contributed by atoms with E-state index >= 15 is 0 Å². The average Bonchev–Trinajstić information content (AvgIpc) is 3.02. The largest absolute Gasteiger partial charge is 0.336 e. The number of aromatic nitrogens is 2. The van der Waals surface area contributed by atoms with Crippen LogP contribution in [-0.4, -0.2) is 27.8 Å². The molecule has 1 aromatic carbocycles. The maximum Gasteiger partial charge on any atom is 0.299 e. The van der Waals surface area contributed by atoms with Crippen LogP contribution in [0.25, 0.3) is 0 Å².